The molecule has 0 spiro atoms. The Bertz CT molecular complexity index is 549. The molecule has 4 N–H and O–H groups in total. The fraction of sp³-hybridized carbons (Fsp3) is 0.0714. The number of benzene rings is 2. The van der Waals surface area contributed by atoms with Crippen LogP contribution in [0.5, 0.6) is 5.75 Å². The van der Waals surface area contributed by atoms with Gasteiger partial charge in [0.25, 0.3) is 0 Å². The monoisotopic (exact) mass is 241 g/mol. The van der Waals surface area contributed by atoms with E-state index in [-0.39, 0.29) is 5.84 Å². The highest BCUT2D eigenvalue weighted by Gasteiger charge is 2.04. The molecule has 0 atom stereocenters. The van der Waals surface area contributed by atoms with Crippen molar-refractivity contribution in [3.05, 3.63) is 54.1 Å². The van der Waals surface area contributed by atoms with Crippen molar-refractivity contribution in [3.63, 3.8) is 0 Å². The molecule has 0 radical (unpaired) electrons. The topological polar surface area (TPSA) is 71.1 Å². The van der Waals surface area contributed by atoms with Crippen LogP contribution in [0.25, 0.3) is 0 Å². The van der Waals surface area contributed by atoms with Gasteiger partial charge in [-0.3, -0.25) is 5.41 Å². The number of ether oxygens (including phenoxy) is 1. The number of anilines is 2. The maximum atomic E-state index is 7.52. The number of hydrogen-bond donors (Lipinski definition) is 3. The van der Waals surface area contributed by atoms with E-state index in [0.29, 0.717) is 5.56 Å². The summed E-state index contributed by atoms with van der Waals surface area (Å²) in [5.41, 5.74) is 7.96. The third-order valence-electron chi connectivity index (χ3n) is 2.59. The molecule has 0 aliphatic carbocycles. The van der Waals surface area contributed by atoms with Gasteiger partial charge < -0.3 is 15.8 Å². The molecule has 0 fully saturated rings. The van der Waals surface area contributed by atoms with E-state index in [1.165, 1.54) is 0 Å². The lowest BCUT2D eigenvalue weighted by atomic mass is 10.1. The van der Waals surface area contributed by atoms with Gasteiger partial charge in [0.2, 0.25) is 0 Å². The number of hydrogen-bond acceptors (Lipinski definition) is 3. The van der Waals surface area contributed by atoms with E-state index in [2.05, 4.69) is 5.32 Å². The van der Waals surface area contributed by atoms with Gasteiger partial charge in [0, 0.05) is 16.9 Å². The van der Waals surface area contributed by atoms with Gasteiger partial charge in [-0.15, -0.1) is 0 Å². The van der Waals surface area contributed by atoms with Gasteiger partial charge >= 0.3 is 0 Å². The summed E-state index contributed by atoms with van der Waals surface area (Å²) < 4.78 is 5.10. The molecule has 0 saturated carbocycles. The van der Waals surface area contributed by atoms with Crippen molar-refractivity contribution in [1.29, 1.82) is 5.41 Å². The molecule has 0 amide bonds. The smallest absolute Gasteiger partial charge is 0.124 e. The molecular formula is C14H15N3O. The van der Waals surface area contributed by atoms with Gasteiger partial charge in [-0.2, -0.15) is 0 Å². The van der Waals surface area contributed by atoms with Crippen LogP contribution in [-0.4, -0.2) is 12.9 Å². The van der Waals surface area contributed by atoms with Gasteiger partial charge in [0.05, 0.1) is 7.11 Å². The number of rotatable bonds is 4. The SMILES string of the molecule is COc1ccc(Nc2ccccc2C(=N)N)cc1. The van der Waals surface area contributed by atoms with Crippen molar-refractivity contribution < 1.29 is 4.74 Å². The van der Waals surface area contributed by atoms with Crippen LogP contribution in [0, 0.1) is 5.41 Å². The lowest BCUT2D eigenvalue weighted by Crippen LogP contribution is -2.13. The first-order valence-electron chi connectivity index (χ1n) is 5.55. The van der Waals surface area contributed by atoms with Crippen LogP contribution in [0.1, 0.15) is 5.56 Å². The maximum Gasteiger partial charge on any atom is 0.124 e. The van der Waals surface area contributed by atoms with E-state index in [1.807, 2.05) is 48.5 Å². The van der Waals surface area contributed by atoms with Crippen molar-refractivity contribution in [2.75, 3.05) is 12.4 Å². The van der Waals surface area contributed by atoms with Crippen LogP contribution in [0.4, 0.5) is 11.4 Å². The molecule has 92 valence electrons. The van der Waals surface area contributed by atoms with E-state index >= 15 is 0 Å². The third kappa shape index (κ3) is 2.60. The van der Waals surface area contributed by atoms with Crippen LogP contribution in [0.2, 0.25) is 0 Å². The Balaban J connectivity index is 2.25. The number of nitrogens with two attached hydrogens (primary N) is 1. The molecule has 0 heterocycles. The summed E-state index contributed by atoms with van der Waals surface area (Å²) in [6.07, 6.45) is 0. The van der Waals surface area contributed by atoms with Crippen LogP contribution in [0.3, 0.4) is 0 Å². The first-order valence-corrected chi connectivity index (χ1v) is 5.55. The Morgan fingerprint density at radius 1 is 1.11 bits per heavy atom. The van der Waals surface area contributed by atoms with Crippen molar-refractivity contribution in [1.82, 2.24) is 0 Å². The fourth-order valence-electron chi connectivity index (χ4n) is 1.66. The van der Waals surface area contributed by atoms with Crippen molar-refractivity contribution in [2.24, 2.45) is 5.73 Å². The Hall–Kier alpha value is -2.49. The van der Waals surface area contributed by atoms with E-state index in [4.69, 9.17) is 15.9 Å². The van der Waals surface area contributed by atoms with Crippen LogP contribution < -0.4 is 15.8 Å². The van der Waals surface area contributed by atoms with Crippen molar-refractivity contribution >= 4 is 17.2 Å². The maximum absolute atomic E-state index is 7.52. The number of nitrogen functional groups attached to an aromatic ring is 1. The van der Waals surface area contributed by atoms with Crippen molar-refractivity contribution in [2.45, 2.75) is 0 Å². The summed E-state index contributed by atoms with van der Waals surface area (Å²) in [7, 11) is 1.63. The highest BCUT2D eigenvalue weighted by atomic mass is 16.5. The first kappa shape index (κ1) is 12.0. The fourth-order valence-corrected chi connectivity index (χ4v) is 1.66. The second-order valence-electron chi connectivity index (χ2n) is 3.81. The number of para-hydroxylation sites is 1. The number of amidine groups is 1. The van der Waals surface area contributed by atoms with E-state index < -0.39 is 0 Å². The zero-order valence-electron chi connectivity index (χ0n) is 10.1. The summed E-state index contributed by atoms with van der Waals surface area (Å²) >= 11 is 0. The van der Waals surface area contributed by atoms with Gasteiger partial charge in [0.1, 0.15) is 11.6 Å². The molecule has 2 rings (SSSR count). The van der Waals surface area contributed by atoms with Gasteiger partial charge in [-0.05, 0) is 36.4 Å². The first-order chi connectivity index (χ1) is 8.70. The molecule has 4 heteroatoms. The molecule has 18 heavy (non-hydrogen) atoms. The molecule has 0 aliphatic heterocycles. The predicted octanol–water partition coefficient (Wildman–Crippen LogP) is 2.72. The third-order valence-corrected chi connectivity index (χ3v) is 2.59. The van der Waals surface area contributed by atoms with E-state index in [1.54, 1.807) is 7.11 Å². The Morgan fingerprint density at radius 3 is 2.39 bits per heavy atom. The Labute approximate surface area is 106 Å². The van der Waals surface area contributed by atoms with Gasteiger partial charge in [-0.25, -0.2) is 0 Å². The highest BCUT2D eigenvalue weighted by Crippen LogP contribution is 2.22. The van der Waals surface area contributed by atoms with Gasteiger partial charge in [0.15, 0.2) is 0 Å². The van der Waals surface area contributed by atoms with Crippen LogP contribution in [-0.2, 0) is 0 Å². The minimum absolute atomic E-state index is 0.0478. The summed E-state index contributed by atoms with van der Waals surface area (Å²) in [4.78, 5) is 0. The lowest BCUT2D eigenvalue weighted by Gasteiger charge is -2.11. The van der Waals surface area contributed by atoms with E-state index in [0.717, 1.165) is 17.1 Å². The summed E-state index contributed by atoms with van der Waals surface area (Å²) in [6, 6.07) is 15.0. The molecular weight excluding hydrogens is 226 g/mol. The normalized spacial score (nSPS) is 9.83. The number of nitrogens with one attached hydrogen (secondary N) is 2. The average Bonchev–Trinajstić information content (AvgIpc) is 2.40. The molecule has 0 bridgehead atoms. The lowest BCUT2D eigenvalue weighted by molar-refractivity contribution is 0.415. The molecule has 2 aromatic rings. The minimum Gasteiger partial charge on any atom is -0.497 e. The summed E-state index contributed by atoms with van der Waals surface area (Å²) in [5.74, 6) is 0.854. The Kier molecular flexibility index (Phi) is 3.48. The highest BCUT2D eigenvalue weighted by molar-refractivity contribution is 6.00. The molecule has 0 unspecified atom stereocenters. The zero-order valence-corrected chi connectivity index (χ0v) is 10.1. The zero-order chi connectivity index (χ0) is 13.0. The van der Waals surface area contributed by atoms with E-state index in [9.17, 15) is 0 Å². The van der Waals surface area contributed by atoms with Gasteiger partial charge in [-0.1, -0.05) is 12.1 Å². The van der Waals surface area contributed by atoms with Crippen molar-refractivity contribution in [3.8, 4) is 5.75 Å². The molecule has 0 aromatic heterocycles. The summed E-state index contributed by atoms with van der Waals surface area (Å²) in [6.45, 7) is 0. The largest absolute Gasteiger partial charge is 0.497 e. The minimum atomic E-state index is 0.0478. The molecule has 0 aliphatic rings. The second-order valence-corrected chi connectivity index (χ2v) is 3.81. The standard InChI is InChI=1S/C14H15N3O/c1-18-11-8-6-10(7-9-11)17-13-5-3-2-4-12(13)14(15)16/h2-9,17H,1H3,(H3,15,16). The van der Waals surface area contributed by atoms with Crippen LogP contribution >= 0.6 is 0 Å². The summed E-state index contributed by atoms with van der Waals surface area (Å²) in [5, 5.41) is 10.8. The van der Waals surface area contributed by atoms with Crippen LogP contribution in [0.15, 0.2) is 48.5 Å². The number of methoxy groups -OCH3 is 1. The second kappa shape index (κ2) is 5.23. The quantitative estimate of drug-likeness (QED) is 0.569. The predicted molar refractivity (Wildman–Crippen MR) is 73.7 cm³/mol. The molecule has 2 aromatic carbocycles. The molecule has 4 nitrogen and oxygen atoms in total. The molecule has 0 saturated heterocycles. The Morgan fingerprint density at radius 2 is 1.78 bits per heavy atom. The average molecular weight is 241 g/mol.